The Kier molecular flexibility index (Phi) is 8.04. The van der Waals surface area contributed by atoms with Gasteiger partial charge >= 0.3 is 0 Å². The predicted octanol–water partition coefficient (Wildman–Crippen LogP) is 3.50. The SMILES string of the molecule is [CH]=CCCC=CCCCC. The highest BCUT2D eigenvalue weighted by molar-refractivity contribution is 4.83. The summed E-state index contributed by atoms with van der Waals surface area (Å²) in [7, 11) is 0. The maximum absolute atomic E-state index is 5.21. The lowest BCUT2D eigenvalue weighted by atomic mass is 10.2. The van der Waals surface area contributed by atoms with E-state index < -0.39 is 0 Å². The van der Waals surface area contributed by atoms with Gasteiger partial charge in [-0.15, -0.1) is 0 Å². The van der Waals surface area contributed by atoms with Crippen molar-refractivity contribution in [2.45, 2.75) is 39.0 Å². The van der Waals surface area contributed by atoms with E-state index in [1.807, 2.05) is 0 Å². The second-order valence-corrected chi connectivity index (χ2v) is 2.43. The van der Waals surface area contributed by atoms with Crippen molar-refractivity contribution >= 4 is 0 Å². The van der Waals surface area contributed by atoms with Crippen LogP contribution >= 0.6 is 0 Å². The Labute approximate surface area is 64.6 Å². The first-order chi connectivity index (χ1) is 4.91. The molecule has 0 N–H and O–H groups in total. The van der Waals surface area contributed by atoms with Crippen LogP contribution in [0.4, 0.5) is 0 Å². The fourth-order valence-electron chi connectivity index (χ4n) is 0.750. The maximum Gasteiger partial charge on any atom is -0.0313 e. The fourth-order valence-corrected chi connectivity index (χ4v) is 0.750. The minimum Gasteiger partial charge on any atom is -0.0885 e. The normalized spacial score (nSPS) is 10.5. The Balaban J connectivity index is 2.96. The molecular formula is C10H17. The van der Waals surface area contributed by atoms with Gasteiger partial charge in [0.25, 0.3) is 0 Å². The molecule has 0 aromatic heterocycles. The highest BCUT2D eigenvalue weighted by atomic mass is 13.8. The summed E-state index contributed by atoms with van der Waals surface area (Å²) < 4.78 is 0. The van der Waals surface area contributed by atoms with Gasteiger partial charge in [0.05, 0.1) is 0 Å². The Bertz CT molecular complexity index is 90.2. The van der Waals surface area contributed by atoms with Crippen LogP contribution in [-0.4, -0.2) is 0 Å². The molecule has 0 saturated heterocycles. The molecule has 0 saturated carbocycles. The van der Waals surface area contributed by atoms with Crippen LogP contribution in [0.15, 0.2) is 18.2 Å². The first-order valence-electron chi connectivity index (χ1n) is 4.10. The van der Waals surface area contributed by atoms with Crippen molar-refractivity contribution in [3.05, 3.63) is 24.8 Å². The van der Waals surface area contributed by atoms with Crippen LogP contribution in [0.1, 0.15) is 39.0 Å². The summed E-state index contributed by atoms with van der Waals surface area (Å²) in [5.41, 5.74) is 0. The molecule has 0 nitrogen and oxygen atoms in total. The van der Waals surface area contributed by atoms with Crippen LogP contribution in [-0.2, 0) is 0 Å². The number of hydrogen-bond acceptors (Lipinski definition) is 0. The van der Waals surface area contributed by atoms with E-state index in [-0.39, 0.29) is 0 Å². The van der Waals surface area contributed by atoms with Crippen LogP contribution in [0, 0.1) is 6.58 Å². The summed E-state index contributed by atoms with van der Waals surface area (Å²) in [6.07, 6.45) is 12.1. The van der Waals surface area contributed by atoms with Crippen LogP contribution in [0.5, 0.6) is 0 Å². The zero-order valence-corrected chi connectivity index (χ0v) is 6.84. The average molecular weight is 137 g/mol. The van der Waals surface area contributed by atoms with Gasteiger partial charge in [0.1, 0.15) is 0 Å². The van der Waals surface area contributed by atoms with E-state index in [4.69, 9.17) is 6.58 Å². The monoisotopic (exact) mass is 137 g/mol. The van der Waals surface area contributed by atoms with Crippen LogP contribution in [0.2, 0.25) is 0 Å². The quantitative estimate of drug-likeness (QED) is 0.388. The number of hydrogen-bond donors (Lipinski definition) is 0. The van der Waals surface area contributed by atoms with E-state index in [0.29, 0.717) is 0 Å². The van der Waals surface area contributed by atoms with E-state index in [0.717, 1.165) is 12.8 Å². The smallest absolute Gasteiger partial charge is 0.0313 e. The van der Waals surface area contributed by atoms with E-state index in [1.165, 1.54) is 19.3 Å². The van der Waals surface area contributed by atoms with Gasteiger partial charge in [-0.05, 0) is 19.3 Å². The van der Waals surface area contributed by atoms with E-state index in [2.05, 4.69) is 19.1 Å². The van der Waals surface area contributed by atoms with Gasteiger partial charge in [-0.2, -0.15) is 0 Å². The van der Waals surface area contributed by atoms with Gasteiger partial charge in [-0.1, -0.05) is 44.6 Å². The third-order valence-electron chi connectivity index (χ3n) is 1.39. The third kappa shape index (κ3) is 7.48. The zero-order chi connectivity index (χ0) is 7.66. The van der Waals surface area contributed by atoms with Crippen LogP contribution in [0.3, 0.4) is 0 Å². The largest absolute Gasteiger partial charge is 0.0885 e. The van der Waals surface area contributed by atoms with Crippen LogP contribution < -0.4 is 0 Å². The van der Waals surface area contributed by atoms with Crippen molar-refractivity contribution in [3.8, 4) is 0 Å². The summed E-state index contributed by atoms with van der Waals surface area (Å²) >= 11 is 0. The third-order valence-corrected chi connectivity index (χ3v) is 1.39. The van der Waals surface area contributed by atoms with Gasteiger partial charge in [0, 0.05) is 0 Å². The molecule has 0 heteroatoms. The molecule has 0 fully saturated rings. The topological polar surface area (TPSA) is 0 Å². The zero-order valence-electron chi connectivity index (χ0n) is 6.84. The molecule has 1 radical (unpaired) electrons. The Morgan fingerprint density at radius 3 is 2.40 bits per heavy atom. The van der Waals surface area contributed by atoms with Gasteiger partial charge in [-0.25, -0.2) is 0 Å². The van der Waals surface area contributed by atoms with Crippen molar-refractivity contribution < 1.29 is 0 Å². The molecule has 0 aromatic carbocycles. The molecule has 0 heterocycles. The van der Waals surface area contributed by atoms with Crippen molar-refractivity contribution in [1.29, 1.82) is 0 Å². The summed E-state index contributed by atoms with van der Waals surface area (Å²) in [6.45, 7) is 7.42. The summed E-state index contributed by atoms with van der Waals surface area (Å²) in [6, 6.07) is 0. The number of allylic oxidation sites excluding steroid dienone is 3. The van der Waals surface area contributed by atoms with Crippen molar-refractivity contribution in [2.24, 2.45) is 0 Å². The van der Waals surface area contributed by atoms with E-state index >= 15 is 0 Å². The minimum atomic E-state index is 1.00. The van der Waals surface area contributed by atoms with Gasteiger partial charge in [-0.3, -0.25) is 0 Å². The second kappa shape index (κ2) is 8.48. The predicted molar refractivity (Wildman–Crippen MR) is 46.8 cm³/mol. The molecule has 0 rings (SSSR count). The molecule has 10 heavy (non-hydrogen) atoms. The van der Waals surface area contributed by atoms with E-state index in [9.17, 15) is 0 Å². The van der Waals surface area contributed by atoms with Crippen molar-refractivity contribution in [2.75, 3.05) is 0 Å². The molecule has 0 aliphatic rings. The first kappa shape index (κ1) is 9.48. The summed E-state index contributed by atoms with van der Waals surface area (Å²) in [5.74, 6) is 0. The molecule has 0 bridgehead atoms. The standard InChI is InChI=1S/C10H17/c1-3-5-7-9-10-8-6-4-2/h1,3,9-10H,4-8H2,2H3. The van der Waals surface area contributed by atoms with Gasteiger partial charge in [0.2, 0.25) is 0 Å². The van der Waals surface area contributed by atoms with E-state index in [1.54, 1.807) is 6.08 Å². The number of unbranched alkanes of at least 4 members (excludes halogenated alkanes) is 3. The molecule has 57 valence electrons. The number of rotatable bonds is 6. The highest BCUT2D eigenvalue weighted by Gasteiger charge is 1.77. The first-order valence-corrected chi connectivity index (χ1v) is 4.10. The van der Waals surface area contributed by atoms with Crippen molar-refractivity contribution in [3.63, 3.8) is 0 Å². The van der Waals surface area contributed by atoms with Gasteiger partial charge in [0.15, 0.2) is 0 Å². The fraction of sp³-hybridized carbons (Fsp3) is 0.600. The molecular weight excluding hydrogens is 120 g/mol. The van der Waals surface area contributed by atoms with Crippen molar-refractivity contribution in [1.82, 2.24) is 0 Å². The lowest BCUT2D eigenvalue weighted by Crippen LogP contribution is -1.67. The molecule has 0 spiro atoms. The summed E-state index contributed by atoms with van der Waals surface area (Å²) in [5, 5.41) is 0. The molecule has 0 aliphatic carbocycles. The second-order valence-electron chi connectivity index (χ2n) is 2.43. The average Bonchev–Trinajstić information content (AvgIpc) is 1.97. The minimum absolute atomic E-state index is 1.00. The van der Waals surface area contributed by atoms with Gasteiger partial charge < -0.3 is 0 Å². The van der Waals surface area contributed by atoms with Crippen LogP contribution in [0.25, 0.3) is 0 Å². The Morgan fingerprint density at radius 2 is 1.80 bits per heavy atom. The molecule has 0 atom stereocenters. The Hall–Kier alpha value is -0.520. The molecule has 0 aromatic rings. The lowest BCUT2D eigenvalue weighted by molar-refractivity contribution is 0.811. The highest BCUT2D eigenvalue weighted by Crippen LogP contribution is 1.97. The maximum atomic E-state index is 5.21. The Morgan fingerprint density at radius 1 is 1.10 bits per heavy atom. The summed E-state index contributed by atoms with van der Waals surface area (Å²) in [4.78, 5) is 0. The molecule has 0 aliphatic heterocycles. The lowest BCUT2D eigenvalue weighted by Gasteiger charge is -1.87. The molecule has 0 amide bonds. The molecule has 0 unspecified atom stereocenters.